The van der Waals surface area contributed by atoms with E-state index in [4.69, 9.17) is 4.42 Å². The summed E-state index contributed by atoms with van der Waals surface area (Å²) in [4.78, 5) is 21.7. The van der Waals surface area contributed by atoms with Crippen molar-refractivity contribution in [2.75, 3.05) is 16.3 Å². The number of aromatic nitrogens is 1. The number of rotatable bonds is 2. The minimum Gasteiger partial charge on any atom is -0.448 e. The number of aryl methyl sites for hydroxylation is 2. The fourth-order valence-corrected chi connectivity index (χ4v) is 4.35. The highest BCUT2D eigenvalue weighted by molar-refractivity contribution is 6.08. The number of carbonyl (C=O) groups excluding carboxylic acids is 1. The van der Waals surface area contributed by atoms with Gasteiger partial charge >= 0.3 is 0 Å². The smallest absolute Gasteiger partial charge is 0.280 e. The Morgan fingerprint density at radius 2 is 2.00 bits per heavy atom. The normalized spacial score (nSPS) is 23.0. The summed E-state index contributed by atoms with van der Waals surface area (Å²) < 4.78 is 5.26. The van der Waals surface area contributed by atoms with E-state index in [0.717, 1.165) is 25.1 Å². The average molecular weight is 339 g/mol. The van der Waals surface area contributed by atoms with Gasteiger partial charge in [0, 0.05) is 18.6 Å². The molecule has 2 aromatic rings. The zero-order chi connectivity index (χ0) is 17.6. The van der Waals surface area contributed by atoms with Gasteiger partial charge in [0.05, 0.1) is 11.4 Å². The Balaban J connectivity index is 1.80. The van der Waals surface area contributed by atoms with Gasteiger partial charge in [-0.1, -0.05) is 12.1 Å². The monoisotopic (exact) mass is 339 g/mol. The van der Waals surface area contributed by atoms with Crippen molar-refractivity contribution in [1.29, 1.82) is 0 Å². The maximum absolute atomic E-state index is 13.2. The van der Waals surface area contributed by atoms with Crippen molar-refractivity contribution in [2.24, 2.45) is 0 Å². The van der Waals surface area contributed by atoms with Crippen LogP contribution in [0, 0.1) is 6.92 Å². The first-order valence-corrected chi connectivity index (χ1v) is 9.20. The van der Waals surface area contributed by atoms with Crippen LogP contribution in [0.5, 0.6) is 0 Å². The fraction of sp³-hybridized carbons (Fsp3) is 0.500. The molecule has 2 atom stereocenters. The molecule has 25 heavy (non-hydrogen) atoms. The van der Waals surface area contributed by atoms with Crippen LogP contribution in [0.1, 0.15) is 54.9 Å². The van der Waals surface area contributed by atoms with Crippen molar-refractivity contribution in [2.45, 2.75) is 58.5 Å². The van der Waals surface area contributed by atoms with Crippen LogP contribution in [0.25, 0.3) is 0 Å². The van der Waals surface area contributed by atoms with Gasteiger partial charge in [-0.25, -0.2) is 4.98 Å². The second-order valence-electron chi connectivity index (χ2n) is 7.29. The molecule has 3 heterocycles. The summed E-state index contributed by atoms with van der Waals surface area (Å²) in [6.45, 7) is 7.08. The maximum atomic E-state index is 13.2. The highest BCUT2D eigenvalue weighted by Crippen LogP contribution is 2.42. The van der Waals surface area contributed by atoms with E-state index in [1.54, 1.807) is 6.92 Å². The van der Waals surface area contributed by atoms with Gasteiger partial charge in [-0.2, -0.15) is 0 Å². The van der Waals surface area contributed by atoms with Gasteiger partial charge in [0.1, 0.15) is 5.76 Å². The Bertz CT molecular complexity index is 788. The topological polar surface area (TPSA) is 49.6 Å². The van der Waals surface area contributed by atoms with Gasteiger partial charge in [0.25, 0.3) is 5.91 Å². The van der Waals surface area contributed by atoms with E-state index in [-0.39, 0.29) is 5.91 Å². The van der Waals surface area contributed by atoms with Crippen molar-refractivity contribution in [3.63, 3.8) is 0 Å². The predicted octanol–water partition coefficient (Wildman–Crippen LogP) is 3.95. The number of fused-ring (bicyclic) bond motifs is 1. The van der Waals surface area contributed by atoms with Gasteiger partial charge in [0.2, 0.25) is 0 Å². The SMILES string of the molecule is Cc1ocnc1C(=O)N1CCCc2cccc(N3C(C)CCC3C)c21. The molecule has 1 aromatic heterocycles. The highest BCUT2D eigenvalue weighted by atomic mass is 16.3. The molecule has 1 amide bonds. The first-order chi connectivity index (χ1) is 12.1. The molecule has 0 aliphatic carbocycles. The van der Waals surface area contributed by atoms with Crippen LogP contribution in [-0.4, -0.2) is 29.5 Å². The van der Waals surface area contributed by atoms with E-state index in [9.17, 15) is 4.79 Å². The van der Waals surface area contributed by atoms with E-state index >= 15 is 0 Å². The number of amides is 1. The summed E-state index contributed by atoms with van der Waals surface area (Å²) in [6.07, 6.45) is 5.73. The molecule has 5 heteroatoms. The lowest BCUT2D eigenvalue weighted by Crippen LogP contribution is -2.40. The molecular weight excluding hydrogens is 314 g/mol. The van der Waals surface area contributed by atoms with Crippen LogP contribution in [-0.2, 0) is 6.42 Å². The van der Waals surface area contributed by atoms with Crippen molar-refractivity contribution < 1.29 is 9.21 Å². The molecule has 0 radical (unpaired) electrons. The maximum Gasteiger partial charge on any atom is 0.280 e. The Morgan fingerprint density at radius 1 is 1.24 bits per heavy atom. The third kappa shape index (κ3) is 2.62. The third-order valence-corrected chi connectivity index (χ3v) is 5.62. The van der Waals surface area contributed by atoms with Gasteiger partial charge < -0.3 is 14.2 Å². The van der Waals surface area contributed by atoms with E-state index in [1.807, 2.05) is 4.90 Å². The number of hydrogen-bond acceptors (Lipinski definition) is 4. The molecular formula is C20H25N3O2. The Hall–Kier alpha value is -2.30. The number of oxazole rings is 1. The van der Waals surface area contributed by atoms with Crippen LogP contribution >= 0.6 is 0 Å². The van der Waals surface area contributed by atoms with Gasteiger partial charge in [-0.3, -0.25) is 4.79 Å². The lowest BCUT2D eigenvalue weighted by molar-refractivity contribution is 0.0979. The molecule has 0 spiro atoms. The Kier molecular flexibility index (Phi) is 4.02. The molecule has 5 nitrogen and oxygen atoms in total. The minimum absolute atomic E-state index is 0.0563. The van der Waals surface area contributed by atoms with Crippen LogP contribution in [0.4, 0.5) is 11.4 Å². The molecule has 132 valence electrons. The second kappa shape index (κ2) is 6.21. The third-order valence-electron chi connectivity index (χ3n) is 5.62. The lowest BCUT2D eigenvalue weighted by atomic mass is 9.98. The molecule has 1 saturated heterocycles. The number of anilines is 2. The number of para-hydroxylation sites is 1. The zero-order valence-electron chi connectivity index (χ0n) is 15.2. The van der Waals surface area contributed by atoms with E-state index in [1.165, 1.54) is 30.5 Å². The van der Waals surface area contributed by atoms with Gasteiger partial charge in [-0.15, -0.1) is 0 Å². The van der Waals surface area contributed by atoms with Crippen LogP contribution < -0.4 is 9.80 Å². The van der Waals surface area contributed by atoms with Crippen molar-refractivity contribution in [1.82, 2.24) is 4.98 Å². The summed E-state index contributed by atoms with van der Waals surface area (Å²) in [7, 11) is 0. The predicted molar refractivity (Wildman–Crippen MR) is 98.3 cm³/mol. The Labute approximate surface area is 148 Å². The molecule has 2 unspecified atom stereocenters. The van der Waals surface area contributed by atoms with Crippen molar-refractivity contribution in [3.8, 4) is 0 Å². The summed E-state index contributed by atoms with van der Waals surface area (Å²) in [5, 5.41) is 0. The molecule has 2 aliphatic heterocycles. The Morgan fingerprint density at radius 3 is 2.68 bits per heavy atom. The lowest BCUT2D eigenvalue weighted by Gasteiger charge is -2.37. The standard InChI is InChI=1S/C20H25N3O2/c1-13-9-10-14(2)23(13)17-8-4-6-16-7-5-11-22(19(16)17)20(24)18-15(3)25-12-21-18/h4,6,8,12-14H,5,7,9-11H2,1-3H3. The van der Waals surface area contributed by atoms with Crippen molar-refractivity contribution in [3.05, 3.63) is 41.6 Å². The van der Waals surface area contributed by atoms with E-state index < -0.39 is 0 Å². The summed E-state index contributed by atoms with van der Waals surface area (Å²) in [5.41, 5.74) is 3.93. The van der Waals surface area contributed by atoms with E-state index in [0.29, 0.717) is 23.5 Å². The van der Waals surface area contributed by atoms with Crippen LogP contribution in [0.3, 0.4) is 0 Å². The second-order valence-corrected chi connectivity index (χ2v) is 7.29. The number of nitrogens with zero attached hydrogens (tertiary/aromatic N) is 3. The molecule has 0 N–H and O–H groups in total. The highest BCUT2D eigenvalue weighted by Gasteiger charge is 2.34. The number of benzene rings is 1. The van der Waals surface area contributed by atoms with Gasteiger partial charge in [0.15, 0.2) is 12.1 Å². The van der Waals surface area contributed by atoms with Crippen molar-refractivity contribution >= 4 is 17.3 Å². The first-order valence-electron chi connectivity index (χ1n) is 9.20. The summed E-state index contributed by atoms with van der Waals surface area (Å²) in [6, 6.07) is 7.43. The number of carbonyl (C=O) groups is 1. The first kappa shape index (κ1) is 16.2. The van der Waals surface area contributed by atoms with Crippen LogP contribution in [0.15, 0.2) is 29.0 Å². The zero-order valence-corrected chi connectivity index (χ0v) is 15.2. The fourth-order valence-electron chi connectivity index (χ4n) is 4.35. The molecule has 2 aliphatic rings. The van der Waals surface area contributed by atoms with E-state index in [2.05, 4.69) is 41.9 Å². The quantitative estimate of drug-likeness (QED) is 0.831. The van der Waals surface area contributed by atoms with Crippen LogP contribution in [0.2, 0.25) is 0 Å². The summed E-state index contributed by atoms with van der Waals surface area (Å²) in [5.74, 6) is 0.525. The number of hydrogen-bond donors (Lipinski definition) is 0. The average Bonchev–Trinajstić information content (AvgIpc) is 3.18. The molecule has 0 saturated carbocycles. The summed E-state index contributed by atoms with van der Waals surface area (Å²) >= 11 is 0. The molecule has 1 fully saturated rings. The molecule has 4 rings (SSSR count). The largest absolute Gasteiger partial charge is 0.448 e. The molecule has 1 aromatic carbocycles. The molecule has 0 bridgehead atoms. The minimum atomic E-state index is -0.0563. The van der Waals surface area contributed by atoms with Gasteiger partial charge in [-0.05, 0) is 58.1 Å².